The van der Waals surface area contributed by atoms with Crippen molar-refractivity contribution in [3.63, 3.8) is 0 Å². The van der Waals surface area contributed by atoms with E-state index in [9.17, 15) is 26.4 Å². The highest BCUT2D eigenvalue weighted by atomic mass is 35.5. The van der Waals surface area contributed by atoms with Crippen molar-refractivity contribution in [2.75, 3.05) is 16.2 Å². The number of nitrogens with zero attached hydrogens (tertiary/aromatic N) is 1. The summed E-state index contributed by atoms with van der Waals surface area (Å²) in [7, 11) is -4.14. The molecule has 0 aliphatic heterocycles. The van der Waals surface area contributed by atoms with Crippen LogP contribution < -0.4 is 9.62 Å². The highest BCUT2D eigenvalue weighted by Crippen LogP contribution is 2.36. The van der Waals surface area contributed by atoms with Crippen LogP contribution >= 0.6 is 11.6 Å². The first-order valence-corrected chi connectivity index (χ1v) is 11.5. The van der Waals surface area contributed by atoms with Crippen LogP contribution in [0.15, 0.2) is 71.6 Å². The van der Waals surface area contributed by atoms with Crippen molar-refractivity contribution in [1.29, 1.82) is 0 Å². The normalized spacial score (nSPS) is 11.8. The molecule has 0 unspecified atom stereocenters. The van der Waals surface area contributed by atoms with Crippen LogP contribution in [0.1, 0.15) is 16.7 Å². The van der Waals surface area contributed by atoms with E-state index >= 15 is 0 Å². The number of amides is 1. The minimum absolute atomic E-state index is 0.0260. The molecule has 1 amide bonds. The van der Waals surface area contributed by atoms with Gasteiger partial charge >= 0.3 is 6.18 Å². The van der Waals surface area contributed by atoms with Crippen molar-refractivity contribution in [2.45, 2.75) is 24.9 Å². The van der Waals surface area contributed by atoms with Crippen LogP contribution in [0.25, 0.3) is 0 Å². The van der Waals surface area contributed by atoms with Crippen LogP contribution in [0.3, 0.4) is 0 Å². The Bertz CT molecular complexity index is 1280. The first-order chi connectivity index (χ1) is 15.4. The number of hydrogen-bond donors (Lipinski definition) is 1. The van der Waals surface area contributed by atoms with Crippen LogP contribution in [0.5, 0.6) is 0 Å². The van der Waals surface area contributed by atoms with Gasteiger partial charge < -0.3 is 5.32 Å². The molecule has 0 aromatic heterocycles. The zero-order chi connectivity index (χ0) is 24.4. The fourth-order valence-electron chi connectivity index (χ4n) is 3.07. The molecule has 174 valence electrons. The Kier molecular flexibility index (Phi) is 7.04. The monoisotopic (exact) mass is 496 g/mol. The fraction of sp³-hybridized carbons (Fsp3) is 0.174. The molecular formula is C23H20ClF3N2O3S. The van der Waals surface area contributed by atoms with E-state index < -0.39 is 39.2 Å². The molecule has 5 nitrogen and oxygen atoms in total. The highest BCUT2D eigenvalue weighted by Gasteiger charge is 2.34. The summed E-state index contributed by atoms with van der Waals surface area (Å²) >= 11 is 5.62. The van der Waals surface area contributed by atoms with E-state index in [1.807, 2.05) is 6.92 Å². The first-order valence-electron chi connectivity index (χ1n) is 9.71. The molecule has 1 N–H and O–H groups in total. The summed E-state index contributed by atoms with van der Waals surface area (Å²) < 4.78 is 67.0. The van der Waals surface area contributed by atoms with Crippen LogP contribution in [-0.2, 0) is 21.0 Å². The van der Waals surface area contributed by atoms with Gasteiger partial charge in [-0.05, 0) is 67.4 Å². The molecule has 0 fully saturated rings. The lowest BCUT2D eigenvalue weighted by Gasteiger charge is -2.25. The molecule has 0 aliphatic carbocycles. The summed E-state index contributed by atoms with van der Waals surface area (Å²) in [6.45, 7) is 3.02. The van der Waals surface area contributed by atoms with Gasteiger partial charge in [0.05, 0.1) is 21.2 Å². The van der Waals surface area contributed by atoms with E-state index in [1.165, 1.54) is 18.2 Å². The zero-order valence-corrected chi connectivity index (χ0v) is 19.2. The first kappa shape index (κ1) is 24.6. The molecule has 3 rings (SSSR count). The van der Waals surface area contributed by atoms with E-state index in [4.69, 9.17) is 11.6 Å². The second kappa shape index (κ2) is 9.44. The van der Waals surface area contributed by atoms with Gasteiger partial charge in [0.25, 0.3) is 10.0 Å². The third-order valence-corrected chi connectivity index (χ3v) is 7.07. The van der Waals surface area contributed by atoms with Gasteiger partial charge in [0.1, 0.15) is 6.54 Å². The lowest BCUT2D eigenvalue weighted by molar-refractivity contribution is -0.137. The van der Waals surface area contributed by atoms with E-state index in [1.54, 1.807) is 43.3 Å². The summed E-state index contributed by atoms with van der Waals surface area (Å²) in [5.74, 6) is -0.816. The van der Waals surface area contributed by atoms with Crippen molar-refractivity contribution in [1.82, 2.24) is 0 Å². The molecule has 0 spiro atoms. The fourth-order valence-corrected chi connectivity index (χ4v) is 4.73. The zero-order valence-electron chi connectivity index (χ0n) is 17.7. The van der Waals surface area contributed by atoms with Crippen LogP contribution in [0.2, 0.25) is 5.02 Å². The minimum Gasteiger partial charge on any atom is -0.324 e. The van der Waals surface area contributed by atoms with Gasteiger partial charge in [-0.25, -0.2) is 8.42 Å². The number of rotatable bonds is 6. The van der Waals surface area contributed by atoms with Gasteiger partial charge in [-0.15, -0.1) is 0 Å². The molecule has 33 heavy (non-hydrogen) atoms. The summed E-state index contributed by atoms with van der Waals surface area (Å²) in [6, 6.07) is 15.4. The van der Waals surface area contributed by atoms with Gasteiger partial charge in [0.15, 0.2) is 0 Å². The van der Waals surface area contributed by atoms with Gasteiger partial charge in [-0.3, -0.25) is 9.10 Å². The number of carbonyl (C=O) groups is 1. The van der Waals surface area contributed by atoms with Gasteiger partial charge in [0, 0.05) is 5.69 Å². The molecule has 0 saturated carbocycles. The van der Waals surface area contributed by atoms with Gasteiger partial charge in [-0.1, -0.05) is 35.9 Å². The van der Waals surface area contributed by atoms with Crippen molar-refractivity contribution in [3.05, 3.63) is 88.4 Å². The summed E-state index contributed by atoms with van der Waals surface area (Å²) in [5.41, 5.74) is 0.734. The van der Waals surface area contributed by atoms with E-state index in [0.29, 0.717) is 6.07 Å². The van der Waals surface area contributed by atoms with Gasteiger partial charge in [-0.2, -0.15) is 13.2 Å². The minimum atomic E-state index is -4.71. The van der Waals surface area contributed by atoms with Crippen LogP contribution in [-0.4, -0.2) is 20.9 Å². The molecule has 0 heterocycles. The Morgan fingerprint density at radius 3 is 2.24 bits per heavy atom. The van der Waals surface area contributed by atoms with E-state index in [-0.39, 0.29) is 16.3 Å². The highest BCUT2D eigenvalue weighted by molar-refractivity contribution is 7.92. The number of alkyl halides is 3. The number of carbonyl (C=O) groups excluding carboxylic acids is 1. The molecule has 3 aromatic carbocycles. The second-order valence-corrected chi connectivity index (χ2v) is 9.60. The molecule has 0 aliphatic rings. The quantitative estimate of drug-likeness (QED) is 0.468. The number of sulfonamides is 1. The van der Waals surface area contributed by atoms with Crippen LogP contribution in [0, 0.1) is 13.8 Å². The molecule has 10 heteroatoms. The predicted octanol–water partition coefficient (Wildman–Crippen LogP) is 5.81. The lowest BCUT2D eigenvalue weighted by atomic mass is 10.1. The summed E-state index contributed by atoms with van der Waals surface area (Å²) in [5, 5.41) is 1.82. The smallest absolute Gasteiger partial charge is 0.324 e. The predicted molar refractivity (Wildman–Crippen MR) is 122 cm³/mol. The number of hydrogen-bond acceptors (Lipinski definition) is 3. The van der Waals surface area contributed by atoms with Crippen molar-refractivity contribution >= 4 is 38.9 Å². The SMILES string of the molecule is Cc1ccc(N(CC(=O)Nc2ccc(Cl)c(C(F)(F)F)c2)S(=O)(=O)c2ccccc2)cc1C. The Labute approximate surface area is 194 Å². The maximum Gasteiger partial charge on any atom is 0.417 e. The average Bonchev–Trinajstić information content (AvgIpc) is 2.75. The number of halogens is 4. The van der Waals surface area contributed by atoms with E-state index in [0.717, 1.165) is 21.5 Å². The molecule has 0 atom stereocenters. The Morgan fingerprint density at radius 1 is 0.970 bits per heavy atom. The average molecular weight is 497 g/mol. The second-order valence-electron chi connectivity index (χ2n) is 7.33. The Morgan fingerprint density at radius 2 is 1.64 bits per heavy atom. The molecule has 0 radical (unpaired) electrons. The lowest BCUT2D eigenvalue weighted by Crippen LogP contribution is -2.38. The maximum atomic E-state index is 13.3. The molecular weight excluding hydrogens is 477 g/mol. The number of benzene rings is 3. The van der Waals surface area contributed by atoms with Crippen molar-refractivity contribution < 1.29 is 26.4 Å². The summed E-state index contributed by atoms with van der Waals surface area (Å²) in [4.78, 5) is 12.7. The Balaban J connectivity index is 1.95. The van der Waals surface area contributed by atoms with E-state index in [2.05, 4.69) is 5.32 Å². The number of aryl methyl sites for hydroxylation is 2. The number of anilines is 2. The Hall–Kier alpha value is -3.04. The van der Waals surface area contributed by atoms with Crippen molar-refractivity contribution in [2.24, 2.45) is 0 Å². The largest absolute Gasteiger partial charge is 0.417 e. The molecule has 0 saturated heterocycles. The maximum absolute atomic E-state index is 13.3. The summed E-state index contributed by atoms with van der Waals surface area (Å²) in [6.07, 6.45) is -4.71. The van der Waals surface area contributed by atoms with Crippen LogP contribution in [0.4, 0.5) is 24.5 Å². The number of nitrogens with one attached hydrogen (secondary N) is 1. The standard InChI is InChI=1S/C23H20ClF3N2O3S/c1-15-8-10-18(12-16(15)2)29(33(31,32)19-6-4-3-5-7-19)14-22(30)28-17-9-11-21(24)20(13-17)23(25,26)27/h3-13H,14H2,1-2H3,(H,28,30). The molecule has 3 aromatic rings. The molecule has 0 bridgehead atoms. The van der Waals surface area contributed by atoms with Gasteiger partial charge in [0.2, 0.25) is 5.91 Å². The van der Waals surface area contributed by atoms with Crippen molar-refractivity contribution in [3.8, 4) is 0 Å². The third kappa shape index (κ3) is 5.66. The third-order valence-electron chi connectivity index (χ3n) is 4.95. The topological polar surface area (TPSA) is 66.5 Å².